The molecule has 1 fully saturated rings. The molecular formula is C22H28N4O3. The van der Waals surface area contributed by atoms with Gasteiger partial charge in [0.15, 0.2) is 17.5 Å². The number of fused-ring (bicyclic) bond motifs is 1. The third kappa shape index (κ3) is 5.40. The summed E-state index contributed by atoms with van der Waals surface area (Å²) >= 11 is 0. The van der Waals surface area contributed by atoms with E-state index in [0.29, 0.717) is 25.7 Å². The molecule has 0 spiro atoms. The molecule has 2 aromatic carbocycles. The van der Waals surface area contributed by atoms with Crippen LogP contribution in [0.1, 0.15) is 17.5 Å². The molecule has 7 heteroatoms. The van der Waals surface area contributed by atoms with E-state index >= 15 is 0 Å². The highest BCUT2D eigenvalue weighted by Gasteiger charge is 2.13. The number of nitrogens with zero attached hydrogens (tertiary/aromatic N) is 2. The second-order valence-corrected chi connectivity index (χ2v) is 7.20. The first-order chi connectivity index (χ1) is 14.3. The Balaban J connectivity index is 1.39. The molecule has 2 aliphatic rings. The van der Waals surface area contributed by atoms with Gasteiger partial charge in [0.05, 0.1) is 33.0 Å². The van der Waals surface area contributed by atoms with Crippen LogP contribution in [0, 0.1) is 0 Å². The van der Waals surface area contributed by atoms with Crippen molar-refractivity contribution >= 4 is 11.6 Å². The number of anilines is 1. The Hall–Kier alpha value is -2.77. The first kappa shape index (κ1) is 19.5. The molecular weight excluding hydrogens is 368 g/mol. The number of benzene rings is 2. The van der Waals surface area contributed by atoms with Crippen molar-refractivity contribution in [3.8, 4) is 11.5 Å². The average molecular weight is 396 g/mol. The zero-order chi connectivity index (χ0) is 19.9. The number of rotatable bonds is 5. The average Bonchev–Trinajstić information content (AvgIpc) is 2.99. The lowest BCUT2D eigenvalue weighted by Crippen LogP contribution is -2.35. The van der Waals surface area contributed by atoms with Crippen LogP contribution in [0.2, 0.25) is 0 Å². The van der Waals surface area contributed by atoms with Gasteiger partial charge in [-0.25, -0.2) is 4.99 Å². The Bertz CT molecular complexity index is 850. The zero-order valence-corrected chi connectivity index (χ0v) is 16.6. The minimum absolute atomic E-state index is 0.376. The van der Waals surface area contributed by atoms with Gasteiger partial charge in [-0.1, -0.05) is 24.3 Å². The summed E-state index contributed by atoms with van der Waals surface area (Å²) in [4.78, 5) is 6.95. The van der Waals surface area contributed by atoms with Gasteiger partial charge in [0.25, 0.3) is 0 Å². The van der Waals surface area contributed by atoms with Crippen LogP contribution in [0.15, 0.2) is 47.5 Å². The van der Waals surface area contributed by atoms with Crippen LogP contribution in [0.25, 0.3) is 0 Å². The Morgan fingerprint density at radius 3 is 2.55 bits per heavy atom. The fourth-order valence-corrected chi connectivity index (χ4v) is 3.46. The first-order valence-corrected chi connectivity index (χ1v) is 10.1. The van der Waals surface area contributed by atoms with Gasteiger partial charge in [-0.3, -0.25) is 4.90 Å². The topological polar surface area (TPSA) is 81.3 Å². The maximum absolute atomic E-state index is 6.13. The highest BCUT2D eigenvalue weighted by atomic mass is 16.5. The first-order valence-electron chi connectivity index (χ1n) is 10.1. The summed E-state index contributed by atoms with van der Waals surface area (Å²) in [5.74, 6) is 1.87. The molecule has 0 unspecified atom stereocenters. The van der Waals surface area contributed by atoms with Crippen molar-refractivity contribution < 1.29 is 14.2 Å². The van der Waals surface area contributed by atoms with Crippen LogP contribution < -0.4 is 20.5 Å². The van der Waals surface area contributed by atoms with Crippen molar-refractivity contribution in [1.29, 1.82) is 0 Å². The highest BCUT2D eigenvalue weighted by molar-refractivity contribution is 5.92. The molecule has 0 bridgehead atoms. The maximum atomic E-state index is 6.13. The number of nitrogens with one attached hydrogen (secondary N) is 1. The van der Waals surface area contributed by atoms with Gasteiger partial charge in [0.2, 0.25) is 0 Å². The standard InChI is InChI=1S/C22H28N4O3/c23-22(25-19-6-7-20-21(14-19)29-11-3-10-28-20)24-15-17-4-1-2-5-18(17)16-26-8-12-27-13-9-26/h1-2,4-7,14H,3,8-13,15-16H2,(H3,23,24,25). The number of hydrogen-bond donors (Lipinski definition) is 2. The molecule has 0 atom stereocenters. The third-order valence-electron chi connectivity index (χ3n) is 5.06. The van der Waals surface area contributed by atoms with E-state index in [9.17, 15) is 0 Å². The molecule has 0 amide bonds. The number of aliphatic imine (C=N–C) groups is 1. The minimum Gasteiger partial charge on any atom is -0.490 e. The van der Waals surface area contributed by atoms with Crippen molar-refractivity contribution in [2.24, 2.45) is 10.7 Å². The molecule has 2 heterocycles. The van der Waals surface area contributed by atoms with E-state index in [2.05, 4.69) is 33.4 Å². The van der Waals surface area contributed by atoms with E-state index in [1.807, 2.05) is 24.3 Å². The van der Waals surface area contributed by atoms with Gasteiger partial charge in [-0.2, -0.15) is 0 Å². The molecule has 0 saturated carbocycles. The number of hydrogen-bond acceptors (Lipinski definition) is 5. The van der Waals surface area contributed by atoms with Crippen LogP contribution >= 0.6 is 0 Å². The number of nitrogens with two attached hydrogens (primary N) is 1. The summed E-state index contributed by atoms with van der Waals surface area (Å²) in [5, 5.41) is 3.15. The Labute approximate surface area is 171 Å². The number of morpholine rings is 1. The lowest BCUT2D eigenvalue weighted by Gasteiger charge is -2.27. The van der Waals surface area contributed by atoms with Gasteiger partial charge in [0, 0.05) is 37.8 Å². The smallest absolute Gasteiger partial charge is 0.193 e. The lowest BCUT2D eigenvalue weighted by molar-refractivity contribution is 0.0341. The molecule has 3 N–H and O–H groups in total. The van der Waals surface area contributed by atoms with Crippen molar-refractivity contribution in [2.45, 2.75) is 19.5 Å². The SMILES string of the molecule is NC(=NCc1ccccc1CN1CCOCC1)Nc1ccc2c(c1)OCCCO2. The van der Waals surface area contributed by atoms with Gasteiger partial charge in [-0.05, 0) is 23.3 Å². The molecule has 29 heavy (non-hydrogen) atoms. The summed E-state index contributed by atoms with van der Waals surface area (Å²) < 4.78 is 16.8. The van der Waals surface area contributed by atoms with Gasteiger partial charge in [0.1, 0.15) is 0 Å². The highest BCUT2D eigenvalue weighted by Crippen LogP contribution is 2.32. The van der Waals surface area contributed by atoms with Gasteiger partial charge >= 0.3 is 0 Å². The monoisotopic (exact) mass is 396 g/mol. The van der Waals surface area contributed by atoms with E-state index in [0.717, 1.165) is 56.5 Å². The van der Waals surface area contributed by atoms with E-state index in [-0.39, 0.29) is 0 Å². The van der Waals surface area contributed by atoms with E-state index < -0.39 is 0 Å². The maximum Gasteiger partial charge on any atom is 0.193 e. The Morgan fingerprint density at radius 1 is 0.966 bits per heavy atom. The van der Waals surface area contributed by atoms with Crippen LogP contribution in [0.5, 0.6) is 11.5 Å². The predicted molar refractivity (Wildman–Crippen MR) is 114 cm³/mol. The fourth-order valence-electron chi connectivity index (χ4n) is 3.46. The molecule has 0 radical (unpaired) electrons. The fraction of sp³-hybridized carbons (Fsp3) is 0.409. The van der Waals surface area contributed by atoms with Crippen LogP contribution in [-0.4, -0.2) is 50.4 Å². The number of ether oxygens (including phenoxy) is 3. The summed E-state index contributed by atoms with van der Waals surface area (Å²) in [6.45, 7) is 6.29. The normalized spacial score (nSPS) is 17.6. The molecule has 2 aliphatic heterocycles. The largest absolute Gasteiger partial charge is 0.490 e. The molecule has 154 valence electrons. The second kappa shape index (κ2) is 9.62. The lowest BCUT2D eigenvalue weighted by atomic mass is 10.1. The van der Waals surface area contributed by atoms with E-state index in [4.69, 9.17) is 19.9 Å². The summed E-state index contributed by atoms with van der Waals surface area (Å²) in [6.07, 6.45) is 0.880. The third-order valence-corrected chi connectivity index (χ3v) is 5.06. The summed E-state index contributed by atoms with van der Waals surface area (Å²) in [7, 11) is 0. The summed E-state index contributed by atoms with van der Waals surface area (Å²) in [6, 6.07) is 14.1. The molecule has 7 nitrogen and oxygen atoms in total. The summed E-state index contributed by atoms with van der Waals surface area (Å²) in [5.41, 5.74) is 9.43. The van der Waals surface area contributed by atoms with Crippen molar-refractivity contribution in [1.82, 2.24) is 4.90 Å². The predicted octanol–water partition coefficient (Wildman–Crippen LogP) is 2.61. The van der Waals surface area contributed by atoms with E-state index in [1.54, 1.807) is 0 Å². The van der Waals surface area contributed by atoms with Crippen molar-refractivity contribution in [2.75, 3.05) is 44.8 Å². The van der Waals surface area contributed by atoms with Gasteiger partial charge in [-0.15, -0.1) is 0 Å². The zero-order valence-electron chi connectivity index (χ0n) is 16.6. The van der Waals surface area contributed by atoms with Crippen LogP contribution in [0.3, 0.4) is 0 Å². The number of guanidine groups is 1. The van der Waals surface area contributed by atoms with E-state index in [1.165, 1.54) is 11.1 Å². The van der Waals surface area contributed by atoms with Crippen LogP contribution in [0.4, 0.5) is 5.69 Å². The van der Waals surface area contributed by atoms with Crippen LogP contribution in [-0.2, 0) is 17.8 Å². The van der Waals surface area contributed by atoms with Gasteiger partial charge < -0.3 is 25.3 Å². The second-order valence-electron chi connectivity index (χ2n) is 7.20. The molecule has 1 saturated heterocycles. The van der Waals surface area contributed by atoms with Crippen molar-refractivity contribution in [3.05, 3.63) is 53.6 Å². The minimum atomic E-state index is 0.376. The Morgan fingerprint density at radius 2 is 1.72 bits per heavy atom. The van der Waals surface area contributed by atoms with Crippen molar-refractivity contribution in [3.63, 3.8) is 0 Å². The molecule has 0 aromatic heterocycles. The Kier molecular flexibility index (Phi) is 6.49. The molecule has 2 aromatic rings. The molecule has 4 rings (SSSR count). The quantitative estimate of drug-likeness (QED) is 0.597. The molecule has 0 aliphatic carbocycles.